The highest BCUT2D eigenvalue weighted by Crippen LogP contribution is 2.24. The number of phenolic OH excluding ortho intramolecular Hbond substituents is 2. The highest BCUT2D eigenvalue weighted by molar-refractivity contribution is 7.81. The number of guanidine groups is 1. The Bertz CT molecular complexity index is 4210. The van der Waals surface area contributed by atoms with Crippen LogP contribution in [0.1, 0.15) is 143 Å². The quantitative estimate of drug-likeness (QED) is 0.0127. The molecular formula is C82H137N25O23S2. The lowest BCUT2D eigenvalue weighted by atomic mass is 9.96. The number of carbonyl (C=O) groups excluding carboxylic acids is 16. The summed E-state index contributed by atoms with van der Waals surface area (Å²) in [5.41, 5.74) is 52.8. The molecule has 48 nitrogen and oxygen atoms in total. The lowest BCUT2D eigenvalue weighted by Gasteiger charge is -2.33. The fourth-order valence-corrected chi connectivity index (χ4v) is 14.0. The number of aliphatic hydroxyl groups excluding tert-OH is 3. The number of hydrogen-bond donors (Lipinski definition) is 31. The van der Waals surface area contributed by atoms with Crippen LogP contribution in [0.4, 0.5) is 0 Å². The third-order valence-electron chi connectivity index (χ3n) is 21.4. The Balaban J connectivity index is 1.91. The number of likely N-dealkylation sites (tertiary alicyclic amines) is 1. The Labute approximate surface area is 775 Å². The van der Waals surface area contributed by atoms with E-state index in [1.165, 1.54) is 62.4 Å². The molecule has 0 bridgehead atoms. The Morgan fingerprint density at radius 1 is 0.477 bits per heavy atom. The first kappa shape index (κ1) is 115. The van der Waals surface area contributed by atoms with Gasteiger partial charge in [-0.1, -0.05) is 58.4 Å². The van der Waals surface area contributed by atoms with Crippen LogP contribution in [0.25, 0.3) is 0 Å². The fraction of sp³-hybridized carbons (Fsp3) is 0.634. The van der Waals surface area contributed by atoms with Gasteiger partial charge in [0, 0.05) is 42.9 Å². The normalized spacial score (nSPS) is 16.9. The Morgan fingerprint density at radius 3 is 1.26 bits per heavy atom. The van der Waals surface area contributed by atoms with Gasteiger partial charge in [-0.2, -0.15) is 25.3 Å². The summed E-state index contributed by atoms with van der Waals surface area (Å²) in [5, 5.41) is 96.5. The lowest BCUT2D eigenvalue weighted by Crippen LogP contribution is -2.64. The molecule has 1 saturated heterocycles. The zero-order valence-electron chi connectivity index (χ0n) is 75.2. The lowest BCUT2D eigenvalue weighted by molar-refractivity contribution is -0.142. The van der Waals surface area contributed by atoms with Crippen molar-refractivity contribution >= 4 is 132 Å². The predicted molar refractivity (Wildman–Crippen MR) is 488 cm³/mol. The number of nitrogens with one attached hydrogen (secondary N) is 14. The van der Waals surface area contributed by atoms with Gasteiger partial charge in [-0.25, -0.2) is 4.79 Å². The van der Waals surface area contributed by atoms with Crippen LogP contribution < -0.4 is 126 Å². The number of aromatic hydroxyl groups is 2. The molecule has 0 saturated carbocycles. The van der Waals surface area contributed by atoms with Gasteiger partial charge in [-0.05, 0) is 165 Å². The largest absolute Gasteiger partial charge is 0.508 e. The van der Waals surface area contributed by atoms with Crippen LogP contribution in [0.2, 0.25) is 0 Å². The van der Waals surface area contributed by atoms with E-state index in [4.69, 9.17) is 51.6 Å². The SMILES string of the molecule is CC[C@H](C)[C@H](NC(=O)[C@@H]1C[C@@H](O)CN1C(=O)[C@@H](N)C(C)C)C(=O)N[C@H](C(=O)N[C@@H](Cc1ccc(O)cc1)C(=O)N[C@H](C(=O)N[C@@H](CC(N)=O)C(=O)N[C@@H](CCCN=C(N)N)C(=O)N[C@@H](CCN)C(=O)N[C@@H](CO)C(=O)N[C@H](CCN)C(=O)N[C@@H](CCCCN)C(=O)N[C@@H](CS)C(=O)N[C@@H](CCN)C(=O)N[C@@H](CCCN)C(=O)N[C@@H](Cc1ccc(O)cc1)C(=O)O)C(C)(C)S)[C@@H](C)O. The number of phenols is 2. The molecule has 132 heavy (non-hydrogen) atoms. The predicted octanol–water partition coefficient (Wildman–Crippen LogP) is -10.4. The Kier molecular flexibility index (Phi) is 50.3. The van der Waals surface area contributed by atoms with Crippen LogP contribution in [0.3, 0.4) is 0 Å². The molecule has 0 aromatic heterocycles. The molecule has 0 aliphatic carbocycles. The zero-order valence-corrected chi connectivity index (χ0v) is 77.0. The van der Waals surface area contributed by atoms with E-state index in [0.717, 1.165) is 11.8 Å². The van der Waals surface area contributed by atoms with E-state index in [0.29, 0.717) is 17.5 Å². The second-order valence-electron chi connectivity index (χ2n) is 33.0. The first-order valence-electron chi connectivity index (χ1n) is 43.4. The number of nitrogens with zero attached hydrogens (tertiary/aromatic N) is 2. The van der Waals surface area contributed by atoms with Crippen molar-refractivity contribution in [2.45, 2.75) is 258 Å². The number of carboxylic acid groups (broad SMARTS) is 1. The number of aliphatic hydroxyl groups is 3. The van der Waals surface area contributed by atoms with Crippen molar-refractivity contribution in [3.63, 3.8) is 0 Å². The number of β-amino-alcohol motifs (C(OH)–C–C–N with tert-alkyl or cyclic N) is 1. The Hall–Kier alpha value is -11.4. The van der Waals surface area contributed by atoms with Crippen LogP contribution in [0.15, 0.2) is 53.5 Å². The topological polar surface area (TPSA) is 830 Å². The molecule has 19 atom stereocenters. The Morgan fingerprint density at radius 2 is 0.856 bits per heavy atom. The fourth-order valence-electron chi connectivity index (χ4n) is 13.5. The first-order valence-corrected chi connectivity index (χ1v) is 44.5. The molecule has 50 heteroatoms. The van der Waals surface area contributed by atoms with Crippen LogP contribution in [-0.2, 0) is 94.3 Å². The number of aliphatic carboxylic acids is 1. The standard InChI is InChI=1S/C82H137N25O23S2/c1-8-41(4)62(104-75(124)59-35-47(112)37-107(59)79(128)61(89)40(2)3)76(125)105-63(42(5)109)77(126)99-54(33-43-16-20-45(110)21-17-43)72(121)106-64(82(6,7)132)78(127)100-55(36-60(88)113)71(120)95-50(15-12-32-92-81(90)91)65(114)96-53(26-31-87)70(119)102-57(38-108)73(122)97-51(24-29-85)68(117)93-48(13-9-10-27-83)67(116)103-58(39-131)74(123)98-52(25-30-86)69(118)94-49(14-11-28-84)66(115)101-56(80(129)130)34-44-18-22-46(111)23-19-44/h16-23,40-42,47-59,61-64,108-112,131-132H,8-15,24-39,83-87,89H2,1-7H3,(H2,88,113)(H,93,117)(H,94,118)(H,95,120)(H,96,114)(H,97,122)(H,98,123)(H,99,126)(H,100,127)(H,101,115)(H,102,119)(H,103,116)(H,104,124)(H,105,125)(H,106,121)(H,129,130)(H4,90,91,92)/t41-,42+,47+,48-,49-,50-,51+,52-,53-,54-,55-,56-,57-,58-,59-,61-,62-,63-,64+/m0/s1. The zero-order chi connectivity index (χ0) is 99.6. The molecule has 16 amide bonds. The van der Waals surface area contributed by atoms with Crippen LogP contribution in [-0.4, -0.2) is 314 Å². The van der Waals surface area contributed by atoms with Gasteiger partial charge in [0.25, 0.3) is 0 Å². The molecule has 3 rings (SSSR count). The molecule has 1 aliphatic rings. The number of carbonyl (C=O) groups is 17. The van der Waals surface area contributed by atoms with Crippen molar-refractivity contribution in [3.05, 3.63) is 59.7 Å². The molecule has 1 fully saturated rings. The second kappa shape index (κ2) is 57.8. The number of unbranched alkanes of at least 4 members (excludes halogenated alkanes) is 1. The average Bonchev–Trinajstić information content (AvgIpc) is 1.71. The first-order chi connectivity index (χ1) is 62.1. The van der Waals surface area contributed by atoms with Crippen LogP contribution >= 0.6 is 25.3 Å². The minimum absolute atomic E-state index is 0.0600. The van der Waals surface area contributed by atoms with Crippen molar-refractivity contribution in [2.24, 2.45) is 68.4 Å². The summed E-state index contributed by atoms with van der Waals surface area (Å²) in [7, 11) is 0. The third kappa shape index (κ3) is 38.8. The summed E-state index contributed by atoms with van der Waals surface area (Å²) in [6.45, 7) is 8.33. The molecule has 740 valence electrons. The summed E-state index contributed by atoms with van der Waals surface area (Å²) in [6.07, 6.45) is -5.32. The van der Waals surface area contributed by atoms with Gasteiger partial charge in [0.15, 0.2) is 5.96 Å². The number of hydrogen-bond acceptors (Lipinski definition) is 31. The van der Waals surface area contributed by atoms with E-state index in [2.05, 4.69) is 105 Å². The van der Waals surface area contributed by atoms with E-state index in [1.807, 2.05) is 0 Å². The summed E-state index contributed by atoms with van der Waals surface area (Å²) in [6, 6.07) is -14.7. The number of primary amides is 1. The number of carboxylic acids is 1. The molecule has 2 aromatic carbocycles. The van der Waals surface area contributed by atoms with Gasteiger partial charge in [0.1, 0.15) is 102 Å². The summed E-state index contributed by atoms with van der Waals surface area (Å²) in [5.74, 6) is -20.3. The van der Waals surface area contributed by atoms with Gasteiger partial charge in [0.2, 0.25) is 94.5 Å². The second-order valence-corrected chi connectivity index (χ2v) is 34.6. The molecule has 1 heterocycles. The van der Waals surface area contributed by atoms with Gasteiger partial charge in [-0.15, -0.1) is 0 Å². The number of benzene rings is 2. The summed E-state index contributed by atoms with van der Waals surface area (Å²) in [4.78, 5) is 243. The van der Waals surface area contributed by atoms with Crippen molar-refractivity contribution in [3.8, 4) is 11.5 Å². The maximum Gasteiger partial charge on any atom is 0.326 e. The van der Waals surface area contributed by atoms with E-state index in [9.17, 15) is 112 Å². The molecule has 0 radical (unpaired) electrons. The van der Waals surface area contributed by atoms with Crippen molar-refractivity contribution in [2.75, 3.05) is 58.2 Å². The highest BCUT2D eigenvalue weighted by atomic mass is 32.1. The monoisotopic (exact) mass is 1900 g/mol. The maximum atomic E-state index is 14.8. The summed E-state index contributed by atoms with van der Waals surface area (Å²) < 4.78 is -1.64. The average molecular weight is 1910 g/mol. The van der Waals surface area contributed by atoms with E-state index >= 15 is 0 Å². The minimum Gasteiger partial charge on any atom is -0.508 e. The molecule has 38 N–H and O–H groups in total. The van der Waals surface area contributed by atoms with Gasteiger partial charge in [0.05, 0.1) is 31.3 Å². The molecule has 1 aliphatic heterocycles. The smallest absolute Gasteiger partial charge is 0.326 e. The van der Waals surface area contributed by atoms with Gasteiger partial charge in [-0.3, -0.25) is 81.7 Å². The number of amides is 16. The highest BCUT2D eigenvalue weighted by Gasteiger charge is 2.45. The molecular weight excluding hydrogens is 1770 g/mol. The van der Waals surface area contributed by atoms with Crippen molar-refractivity contribution in [1.29, 1.82) is 0 Å². The van der Waals surface area contributed by atoms with Crippen LogP contribution in [0.5, 0.6) is 11.5 Å². The van der Waals surface area contributed by atoms with E-state index in [-0.39, 0.29) is 140 Å². The van der Waals surface area contributed by atoms with E-state index < -0.39 is 252 Å². The number of aliphatic imine (C=N–C) groups is 1. The van der Waals surface area contributed by atoms with Crippen molar-refractivity contribution in [1.82, 2.24) is 79.3 Å². The summed E-state index contributed by atoms with van der Waals surface area (Å²) >= 11 is 8.84. The minimum atomic E-state index is -2.00. The van der Waals surface area contributed by atoms with E-state index in [1.54, 1.807) is 27.7 Å². The molecule has 2 aromatic rings. The van der Waals surface area contributed by atoms with Gasteiger partial charge >= 0.3 is 5.97 Å². The van der Waals surface area contributed by atoms with Crippen LogP contribution in [0, 0.1) is 11.8 Å². The number of rotatable bonds is 60. The number of thiol groups is 2. The van der Waals surface area contributed by atoms with Crippen molar-refractivity contribution < 1.29 is 112 Å². The maximum absolute atomic E-state index is 14.8. The molecule has 0 spiro atoms. The number of nitrogens with two attached hydrogens (primary N) is 9. The third-order valence-corrected chi connectivity index (χ3v) is 22.0. The molecule has 0 unspecified atom stereocenters. The van der Waals surface area contributed by atoms with Gasteiger partial charge < -0.3 is 162 Å².